The first kappa shape index (κ1) is 13.8. The van der Waals surface area contributed by atoms with Crippen molar-refractivity contribution in [3.8, 4) is 0 Å². The van der Waals surface area contributed by atoms with Crippen LogP contribution in [0.1, 0.15) is 50.4 Å². The lowest BCUT2D eigenvalue weighted by Gasteiger charge is -2.51. The number of rotatable bonds is 1. The van der Waals surface area contributed by atoms with Crippen LogP contribution in [0.2, 0.25) is 0 Å². The standard InChI is InChI=1S/C19H25N3O/c20-19(23)16-4-3-11-12-5-7-17-15(13(12)1-2-14(11)16)6-8-18-21-9-10-22(17)18/h6,8-17H,1-5,7H2,(H2,20,23)/t11-,12-,13-,14-,15+,16+,17?/m0/s1. The van der Waals surface area contributed by atoms with Gasteiger partial charge in [-0.05, 0) is 68.3 Å². The fourth-order valence-electron chi connectivity index (χ4n) is 6.59. The van der Waals surface area contributed by atoms with Crippen molar-refractivity contribution in [3.63, 3.8) is 0 Å². The Balaban J connectivity index is 1.43. The van der Waals surface area contributed by atoms with Gasteiger partial charge in [-0.15, -0.1) is 0 Å². The maximum Gasteiger partial charge on any atom is 0.220 e. The number of amides is 1. The molecule has 5 rings (SSSR count). The predicted molar refractivity (Wildman–Crippen MR) is 88.1 cm³/mol. The molecule has 122 valence electrons. The number of carbonyl (C=O) groups is 1. The second-order valence-electron chi connectivity index (χ2n) is 8.09. The molecule has 0 saturated heterocycles. The van der Waals surface area contributed by atoms with Crippen LogP contribution in [0.4, 0.5) is 0 Å². The number of hydrogen-bond acceptors (Lipinski definition) is 2. The van der Waals surface area contributed by atoms with Crippen molar-refractivity contribution < 1.29 is 4.79 Å². The first-order valence-corrected chi connectivity index (χ1v) is 9.24. The van der Waals surface area contributed by atoms with Crippen molar-refractivity contribution in [2.75, 3.05) is 0 Å². The van der Waals surface area contributed by atoms with E-state index in [9.17, 15) is 4.79 Å². The highest BCUT2D eigenvalue weighted by molar-refractivity contribution is 5.77. The first-order chi connectivity index (χ1) is 11.2. The van der Waals surface area contributed by atoms with E-state index in [0.29, 0.717) is 17.9 Å². The van der Waals surface area contributed by atoms with Crippen molar-refractivity contribution in [2.45, 2.75) is 44.6 Å². The molecule has 3 saturated carbocycles. The van der Waals surface area contributed by atoms with E-state index in [0.717, 1.165) is 30.0 Å². The van der Waals surface area contributed by atoms with Gasteiger partial charge in [-0.3, -0.25) is 4.79 Å². The Bertz CT molecular complexity index is 663. The molecule has 1 aliphatic heterocycles. The topological polar surface area (TPSA) is 60.9 Å². The molecule has 3 aliphatic carbocycles. The summed E-state index contributed by atoms with van der Waals surface area (Å²) in [6.07, 6.45) is 16.0. The zero-order chi connectivity index (χ0) is 15.6. The van der Waals surface area contributed by atoms with Gasteiger partial charge in [0.25, 0.3) is 0 Å². The van der Waals surface area contributed by atoms with Crippen LogP contribution in [-0.4, -0.2) is 15.5 Å². The third-order valence-electron chi connectivity index (χ3n) is 7.43. The SMILES string of the molecule is NC(=O)[C@@H]1CC[C@H]2[C@@H]3CCC4[C@H](C=Cc5nccn54)[C@H]3CC[C@@H]21. The molecule has 0 spiro atoms. The molecule has 1 amide bonds. The van der Waals surface area contributed by atoms with E-state index in [1.54, 1.807) is 0 Å². The summed E-state index contributed by atoms with van der Waals surface area (Å²) in [5.74, 6) is 4.78. The minimum atomic E-state index is -0.0507. The highest BCUT2D eigenvalue weighted by Gasteiger charge is 2.52. The summed E-state index contributed by atoms with van der Waals surface area (Å²) in [5.41, 5.74) is 5.66. The van der Waals surface area contributed by atoms with E-state index in [1.807, 2.05) is 6.20 Å². The Morgan fingerprint density at radius 3 is 2.65 bits per heavy atom. The maximum absolute atomic E-state index is 11.8. The molecule has 2 heterocycles. The van der Waals surface area contributed by atoms with Gasteiger partial charge >= 0.3 is 0 Å². The third kappa shape index (κ3) is 1.90. The van der Waals surface area contributed by atoms with E-state index < -0.39 is 0 Å². The van der Waals surface area contributed by atoms with Gasteiger partial charge in [-0.25, -0.2) is 4.98 Å². The van der Waals surface area contributed by atoms with Crippen LogP contribution in [-0.2, 0) is 4.79 Å². The van der Waals surface area contributed by atoms with Gasteiger partial charge in [0.2, 0.25) is 5.91 Å². The first-order valence-electron chi connectivity index (χ1n) is 9.24. The highest BCUT2D eigenvalue weighted by Crippen LogP contribution is 2.58. The number of primary amides is 1. The van der Waals surface area contributed by atoms with Crippen molar-refractivity contribution in [1.82, 2.24) is 9.55 Å². The van der Waals surface area contributed by atoms with Gasteiger partial charge in [0.15, 0.2) is 0 Å². The van der Waals surface area contributed by atoms with Crippen LogP contribution >= 0.6 is 0 Å². The molecular weight excluding hydrogens is 286 g/mol. The molecule has 7 atom stereocenters. The third-order valence-corrected chi connectivity index (χ3v) is 7.43. The van der Waals surface area contributed by atoms with Crippen LogP contribution in [0, 0.1) is 35.5 Å². The second-order valence-corrected chi connectivity index (χ2v) is 8.09. The molecule has 1 aromatic heterocycles. The number of imidazole rings is 1. The number of hydrogen-bond donors (Lipinski definition) is 1. The lowest BCUT2D eigenvalue weighted by molar-refractivity contribution is -0.124. The van der Waals surface area contributed by atoms with E-state index in [2.05, 4.69) is 27.9 Å². The fourth-order valence-corrected chi connectivity index (χ4v) is 6.59. The van der Waals surface area contributed by atoms with Crippen LogP contribution < -0.4 is 5.73 Å². The zero-order valence-corrected chi connectivity index (χ0v) is 13.5. The van der Waals surface area contributed by atoms with Crippen LogP contribution in [0.3, 0.4) is 0 Å². The minimum Gasteiger partial charge on any atom is -0.369 e. The van der Waals surface area contributed by atoms with Gasteiger partial charge < -0.3 is 10.3 Å². The summed E-state index contributed by atoms with van der Waals surface area (Å²) in [6.45, 7) is 0. The predicted octanol–water partition coefficient (Wildman–Crippen LogP) is 3.01. The number of allylic oxidation sites excluding steroid dienone is 1. The van der Waals surface area contributed by atoms with Crippen LogP contribution in [0.25, 0.3) is 6.08 Å². The summed E-state index contributed by atoms with van der Waals surface area (Å²) < 4.78 is 2.40. The van der Waals surface area contributed by atoms with E-state index in [-0.39, 0.29) is 11.8 Å². The minimum absolute atomic E-state index is 0.0507. The monoisotopic (exact) mass is 311 g/mol. The van der Waals surface area contributed by atoms with Gasteiger partial charge in [0.1, 0.15) is 5.82 Å². The molecule has 4 heteroatoms. The molecular formula is C19H25N3O. The summed E-state index contributed by atoms with van der Waals surface area (Å²) in [7, 11) is 0. The Labute approximate surface area is 137 Å². The van der Waals surface area contributed by atoms with Crippen molar-refractivity contribution in [1.29, 1.82) is 0 Å². The van der Waals surface area contributed by atoms with E-state index in [1.165, 1.54) is 32.1 Å². The van der Waals surface area contributed by atoms with Crippen molar-refractivity contribution in [3.05, 3.63) is 24.3 Å². The summed E-state index contributed by atoms with van der Waals surface area (Å²) in [5, 5.41) is 0. The molecule has 0 radical (unpaired) electrons. The second kappa shape index (κ2) is 4.96. The van der Waals surface area contributed by atoms with Gasteiger partial charge in [0.05, 0.1) is 0 Å². The Morgan fingerprint density at radius 2 is 1.78 bits per heavy atom. The quantitative estimate of drug-likeness (QED) is 0.866. The smallest absolute Gasteiger partial charge is 0.220 e. The normalized spacial score (nSPS) is 44.1. The molecule has 1 aromatic rings. The molecule has 1 unspecified atom stereocenters. The number of fused-ring (bicyclic) bond motifs is 7. The Kier molecular flexibility index (Phi) is 2.98. The number of nitrogens with two attached hydrogens (primary N) is 1. The molecule has 4 aliphatic rings. The van der Waals surface area contributed by atoms with Crippen LogP contribution in [0.5, 0.6) is 0 Å². The largest absolute Gasteiger partial charge is 0.369 e. The highest BCUT2D eigenvalue weighted by atomic mass is 16.1. The van der Waals surface area contributed by atoms with Crippen molar-refractivity contribution >= 4 is 12.0 Å². The molecule has 2 N–H and O–H groups in total. The Morgan fingerprint density at radius 1 is 1.04 bits per heavy atom. The number of nitrogens with zero attached hydrogens (tertiary/aromatic N) is 2. The molecule has 0 bridgehead atoms. The average molecular weight is 311 g/mol. The van der Waals surface area contributed by atoms with Gasteiger partial charge in [-0.2, -0.15) is 0 Å². The summed E-state index contributed by atoms with van der Waals surface area (Å²) >= 11 is 0. The van der Waals surface area contributed by atoms with E-state index in [4.69, 9.17) is 5.73 Å². The van der Waals surface area contributed by atoms with E-state index >= 15 is 0 Å². The summed E-state index contributed by atoms with van der Waals surface area (Å²) in [4.78, 5) is 16.2. The summed E-state index contributed by atoms with van der Waals surface area (Å²) in [6, 6.07) is 0.601. The lowest BCUT2D eigenvalue weighted by atomic mass is 9.56. The molecule has 0 aromatic carbocycles. The maximum atomic E-state index is 11.8. The number of carbonyl (C=O) groups excluding carboxylic acids is 1. The molecule has 3 fully saturated rings. The Hall–Kier alpha value is -1.58. The van der Waals surface area contributed by atoms with Gasteiger partial charge in [0, 0.05) is 30.3 Å². The number of aromatic nitrogens is 2. The molecule has 4 nitrogen and oxygen atoms in total. The average Bonchev–Trinajstić information content (AvgIpc) is 3.20. The lowest BCUT2D eigenvalue weighted by Crippen LogP contribution is -2.44. The zero-order valence-electron chi connectivity index (χ0n) is 13.5. The van der Waals surface area contributed by atoms with Gasteiger partial charge in [-0.1, -0.05) is 6.08 Å². The van der Waals surface area contributed by atoms with Crippen molar-refractivity contribution in [2.24, 2.45) is 41.2 Å². The fraction of sp³-hybridized carbons (Fsp3) is 0.684. The van der Waals surface area contributed by atoms with Crippen LogP contribution in [0.15, 0.2) is 18.5 Å². The molecule has 23 heavy (non-hydrogen) atoms.